The summed E-state index contributed by atoms with van der Waals surface area (Å²) in [6.07, 6.45) is 1.40. The number of halogens is 1. The van der Waals surface area contributed by atoms with Crippen molar-refractivity contribution in [2.24, 2.45) is 0 Å². The number of aromatic nitrogens is 1. The molecule has 98 valence electrons. The highest BCUT2D eigenvalue weighted by molar-refractivity contribution is 6.30. The maximum atomic E-state index is 11.0. The van der Waals surface area contributed by atoms with Gasteiger partial charge < -0.3 is 9.47 Å². The van der Waals surface area contributed by atoms with Gasteiger partial charge in [0.1, 0.15) is 5.75 Å². The summed E-state index contributed by atoms with van der Waals surface area (Å²) < 4.78 is 10.3. The Morgan fingerprint density at radius 1 is 1.32 bits per heavy atom. The summed E-state index contributed by atoms with van der Waals surface area (Å²) >= 11 is 5.69. The topological polar surface area (TPSA) is 74.5 Å². The van der Waals surface area contributed by atoms with Gasteiger partial charge in [-0.05, 0) is 18.2 Å². The van der Waals surface area contributed by atoms with Crippen LogP contribution in [-0.4, -0.2) is 17.0 Å². The predicted molar refractivity (Wildman–Crippen MR) is 69.0 cm³/mol. The van der Waals surface area contributed by atoms with Crippen LogP contribution in [0.3, 0.4) is 0 Å². The first-order chi connectivity index (χ1) is 9.10. The summed E-state index contributed by atoms with van der Waals surface area (Å²) in [4.78, 5) is 14.3. The van der Waals surface area contributed by atoms with Crippen molar-refractivity contribution in [3.8, 4) is 17.4 Å². The highest BCUT2D eigenvalue weighted by Gasteiger charge is 2.17. The lowest BCUT2D eigenvalue weighted by Crippen LogP contribution is -1.95. The van der Waals surface area contributed by atoms with Gasteiger partial charge in [0.2, 0.25) is 11.6 Å². The molecule has 0 aliphatic rings. The lowest BCUT2D eigenvalue weighted by atomic mass is 10.3. The summed E-state index contributed by atoms with van der Waals surface area (Å²) in [6, 6.07) is 7.41. The van der Waals surface area contributed by atoms with E-state index >= 15 is 0 Å². The van der Waals surface area contributed by atoms with E-state index < -0.39 is 4.92 Å². The molecule has 0 saturated heterocycles. The van der Waals surface area contributed by atoms with Crippen LogP contribution in [0.15, 0.2) is 36.5 Å². The van der Waals surface area contributed by atoms with Crippen LogP contribution >= 0.6 is 11.6 Å². The molecule has 0 amide bonds. The zero-order chi connectivity index (χ0) is 13.8. The fourth-order valence-electron chi connectivity index (χ4n) is 1.39. The molecule has 2 rings (SSSR count). The molecule has 1 aromatic heterocycles. The molecule has 0 saturated carbocycles. The standard InChI is InChI=1S/C12H9ClN2O4/c1-18-9-3-4-11(10(6-9)15(16)17)19-12-5-2-8(13)7-14-12/h2-7H,1H3. The molecule has 19 heavy (non-hydrogen) atoms. The number of nitro benzene ring substituents is 1. The summed E-state index contributed by atoms with van der Waals surface area (Å²) in [5.41, 5.74) is -0.198. The van der Waals surface area contributed by atoms with Crippen LogP contribution in [0.25, 0.3) is 0 Å². The first-order valence-electron chi connectivity index (χ1n) is 5.22. The van der Waals surface area contributed by atoms with Gasteiger partial charge in [0.25, 0.3) is 0 Å². The van der Waals surface area contributed by atoms with Crippen LogP contribution in [0.5, 0.6) is 17.4 Å². The van der Waals surface area contributed by atoms with Crippen molar-refractivity contribution >= 4 is 17.3 Å². The zero-order valence-corrected chi connectivity index (χ0v) is 10.6. The van der Waals surface area contributed by atoms with Crippen molar-refractivity contribution in [1.82, 2.24) is 4.98 Å². The van der Waals surface area contributed by atoms with Crippen molar-refractivity contribution in [2.45, 2.75) is 0 Å². The highest BCUT2D eigenvalue weighted by Crippen LogP contribution is 2.33. The summed E-state index contributed by atoms with van der Waals surface area (Å²) in [6.45, 7) is 0. The van der Waals surface area contributed by atoms with Crippen LogP contribution in [0.2, 0.25) is 5.02 Å². The maximum absolute atomic E-state index is 11.0. The Morgan fingerprint density at radius 3 is 2.68 bits per heavy atom. The Bertz CT molecular complexity index is 601. The fraction of sp³-hybridized carbons (Fsp3) is 0.0833. The van der Waals surface area contributed by atoms with Crippen LogP contribution in [0.1, 0.15) is 0 Å². The van der Waals surface area contributed by atoms with Crippen molar-refractivity contribution in [3.63, 3.8) is 0 Å². The molecule has 0 fully saturated rings. The number of nitrogens with zero attached hydrogens (tertiary/aromatic N) is 2. The van der Waals surface area contributed by atoms with Crippen molar-refractivity contribution in [1.29, 1.82) is 0 Å². The van der Waals surface area contributed by atoms with E-state index in [2.05, 4.69) is 4.98 Å². The first-order valence-corrected chi connectivity index (χ1v) is 5.60. The van der Waals surface area contributed by atoms with Crippen LogP contribution < -0.4 is 9.47 Å². The summed E-state index contributed by atoms with van der Waals surface area (Å²) in [5.74, 6) is 0.682. The van der Waals surface area contributed by atoms with Gasteiger partial charge in [0.15, 0.2) is 0 Å². The minimum absolute atomic E-state index is 0.0839. The average molecular weight is 281 g/mol. The van der Waals surface area contributed by atoms with Gasteiger partial charge in [-0.15, -0.1) is 0 Å². The lowest BCUT2D eigenvalue weighted by molar-refractivity contribution is -0.385. The Kier molecular flexibility index (Phi) is 3.82. The molecule has 0 N–H and O–H groups in total. The SMILES string of the molecule is COc1ccc(Oc2ccc(Cl)cn2)c([N+](=O)[O-])c1. The minimum atomic E-state index is -0.548. The van der Waals surface area contributed by atoms with Gasteiger partial charge >= 0.3 is 5.69 Å². The Balaban J connectivity index is 2.33. The summed E-state index contributed by atoms with van der Waals surface area (Å²) in [7, 11) is 1.43. The second kappa shape index (κ2) is 5.53. The molecule has 6 nitrogen and oxygen atoms in total. The van der Waals surface area contributed by atoms with E-state index in [1.807, 2.05) is 0 Å². The molecule has 0 spiro atoms. The normalized spacial score (nSPS) is 10.0. The summed E-state index contributed by atoms with van der Waals surface area (Å²) in [5, 5.41) is 11.4. The third kappa shape index (κ3) is 3.11. The minimum Gasteiger partial charge on any atom is -0.496 e. The molecular formula is C12H9ClN2O4. The predicted octanol–water partition coefficient (Wildman–Crippen LogP) is 3.44. The van der Waals surface area contributed by atoms with Gasteiger partial charge in [-0.25, -0.2) is 4.98 Å². The van der Waals surface area contributed by atoms with E-state index in [1.165, 1.54) is 31.5 Å². The number of benzene rings is 1. The molecule has 0 aliphatic carbocycles. The zero-order valence-electron chi connectivity index (χ0n) is 9.87. The molecule has 1 heterocycles. The fourth-order valence-corrected chi connectivity index (χ4v) is 1.50. The van der Waals surface area contributed by atoms with Crippen molar-refractivity contribution in [2.75, 3.05) is 7.11 Å². The number of ether oxygens (including phenoxy) is 2. The molecule has 0 atom stereocenters. The van der Waals surface area contributed by atoms with Gasteiger partial charge in [-0.1, -0.05) is 11.6 Å². The molecule has 1 aromatic carbocycles. The second-order valence-electron chi connectivity index (χ2n) is 3.51. The third-order valence-corrected chi connectivity index (χ3v) is 2.50. The number of hydrogen-bond donors (Lipinski definition) is 0. The number of methoxy groups -OCH3 is 1. The van der Waals surface area contributed by atoms with Gasteiger partial charge in [-0.2, -0.15) is 0 Å². The second-order valence-corrected chi connectivity index (χ2v) is 3.94. The van der Waals surface area contributed by atoms with E-state index in [9.17, 15) is 10.1 Å². The maximum Gasteiger partial charge on any atom is 0.315 e. The monoisotopic (exact) mass is 280 g/mol. The van der Waals surface area contributed by atoms with Crippen molar-refractivity contribution < 1.29 is 14.4 Å². The molecule has 0 radical (unpaired) electrons. The Hall–Kier alpha value is -2.34. The number of rotatable bonds is 4. The largest absolute Gasteiger partial charge is 0.496 e. The van der Waals surface area contributed by atoms with E-state index in [4.69, 9.17) is 21.1 Å². The van der Waals surface area contributed by atoms with E-state index in [1.54, 1.807) is 12.1 Å². The Morgan fingerprint density at radius 2 is 2.11 bits per heavy atom. The lowest BCUT2D eigenvalue weighted by Gasteiger charge is -2.06. The molecule has 0 aliphatic heterocycles. The van der Waals surface area contributed by atoms with Gasteiger partial charge in [0.05, 0.1) is 23.1 Å². The van der Waals surface area contributed by atoms with Crippen LogP contribution in [-0.2, 0) is 0 Å². The van der Waals surface area contributed by atoms with Crippen molar-refractivity contribution in [3.05, 3.63) is 51.7 Å². The quantitative estimate of drug-likeness (QED) is 0.633. The van der Waals surface area contributed by atoms with E-state index in [0.717, 1.165) is 0 Å². The van der Waals surface area contributed by atoms with Gasteiger partial charge in [-0.3, -0.25) is 10.1 Å². The van der Waals surface area contributed by atoms with Crippen LogP contribution in [0.4, 0.5) is 5.69 Å². The average Bonchev–Trinajstić information content (AvgIpc) is 2.41. The molecule has 7 heteroatoms. The highest BCUT2D eigenvalue weighted by atomic mass is 35.5. The Labute approximate surface area is 113 Å². The number of nitro groups is 1. The third-order valence-electron chi connectivity index (χ3n) is 2.28. The smallest absolute Gasteiger partial charge is 0.315 e. The van der Waals surface area contributed by atoms with Crippen LogP contribution in [0, 0.1) is 10.1 Å². The van der Waals surface area contributed by atoms with E-state index in [0.29, 0.717) is 10.8 Å². The number of hydrogen-bond acceptors (Lipinski definition) is 5. The molecule has 0 bridgehead atoms. The molecular weight excluding hydrogens is 272 g/mol. The van der Waals surface area contributed by atoms with Gasteiger partial charge in [0, 0.05) is 12.3 Å². The molecule has 0 unspecified atom stereocenters. The number of pyridine rings is 1. The van der Waals surface area contributed by atoms with E-state index in [-0.39, 0.29) is 17.3 Å². The molecule has 2 aromatic rings. The first kappa shape index (κ1) is 13.1.